The van der Waals surface area contributed by atoms with Gasteiger partial charge >= 0.3 is 5.97 Å². The van der Waals surface area contributed by atoms with Gasteiger partial charge in [-0.15, -0.1) is 0 Å². The van der Waals surface area contributed by atoms with Gasteiger partial charge in [-0.25, -0.2) is 0 Å². The third-order valence-corrected chi connectivity index (χ3v) is 2.28. The van der Waals surface area contributed by atoms with Crippen LogP contribution in [-0.4, -0.2) is 43.0 Å². The maximum Gasteiger partial charge on any atom is 0.307 e. The predicted molar refractivity (Wildman–Crippen MR) is 66.8 cm³/mol. The Kier molecular flexibility index (Phi) is 6.25. The minimum atomic E-state index is -0.481. The highest BCUT2D eigenvalue weighted by atomic mass is 16.5. The van der Waals surface area contributed by atoms with E-state index in [1.54, 1.807) is 0 Å². The monoisotopic (exact) mass is 265 g/mol. The summed E-state index contributed by atoms with van der Waals surface area (Å²) in [6.07, 6.45) is 0.733. The van der Waals surface area contributed by atoms with Gasteiger partial charge in [0.15, 0.2) is 0 Å². The van der Waals surface area contributed by atoms with Crippen molar-refractivity contribution in [1.82, 2.24) is 5.32 Å². The molecule has 0 spiro atoms. The van der Waals surface area contributed by atoms with E-state index in [0.717, 1.165) is 0 Å². The number of aliphatic hydroxyl groups is 1. The van der Waals surface area contributed by atoms with Gasteiger partial charge in [0.1, 0.15) is 12.9 Å². The lowest BCUT2D eigenvalue weighted by molar-refractivity contribution is -0.144. The first-order valence-corrected chi connectivity index (χ1v) is 5.77. The molecule has 1 rings (SSSR count). The number of aliphatic hydroxyl groups excluding tert-OH is 1. The predicted octanol–water partition coefficient (Wildman–Crippen LogP) is 0.154. The molecule has 0 unspecified atom stereocenters. The van der Waals surface area contributed by atoms with Crippen LogP contribution in [0, 0.1) is 0 Å². The smallest absolute Gasteiger partial charge is 0.307 e. The lowest BCUT2D eigenvalue weighted by Gasteiger charge is -2.05. The summed E-state index contributed by atoms with van der Waals surface area (Å²) in [5.41, 5.74) is 0.901. The number of hydrogen-bond acceptors (Lipinski definition) is 5. The van der Waals surface area contributed by atoms with E-state index in [9.17, 15) is 14.4 Å². The van der Waals surface area contributed by atoms with Crippen molar-refractivity contribution in [3.8, 4) is 0 Å². The molecule has 0 aliphatic carbocycles. The summed E-state index contributed by atoms with van der Waals surface area (Å²) < 4.78 is 4.63. The molecule has 0 saturated carbocycles. The number of nitrogens with one attached hydrogen (secondary N) is 1. The number of carbonyl (C=O) groups is 3. The maximum atomic E-state index is 11.6. The summed E-state index contributed by atoms with van der Waals surface area (Å²) >= 11 is 0. The normalized spacial score (nSPS) is 9.74. The molecule has 1 amide bonds. The van der Waals surface area contributed by atoms with Crippen molar-refractivity contribution in [3.63, 3.8) is 0 Å². The summed E-state index contributed by atoms with van der Waals surface area (Å²) in [5, 5.41) is 11.0. The first-order valence-electron chi connectivity index (χ1n) is 5.77. The van der Waals surface area contributed by atoms with E-state index in [4.69, 9.17) is 5.11 Å². The molecule has 0 radical (unpaired) electrons. The molecular weight excluding hydrogens is 250 g/mol. The maximum absolute atomic E-state index is 11.6. The Morgan fingerprint density at radius 3 is 2.53 bits per heavy atom. The number of aldehydes is 1. The number of carbonyl (C=O) groups excluding carboxylic acids is 3. The van der Waals surface area contributed by atoms with Gasteiger partial charge in [-0.2, -0.15) is 0 Å². The third kappa shape index (κ3) is 5.31. The van der Waals surface area contributed by atoms with Gasteiger partial charge in [0.05, 0.1) is 13.0 Å². The van der Waals surface area contributed by atoms with Gasteiger partial charge in [0, 0.05) is 17.7 Å². The molecule has 0 heterocycles. The molecule has 0 aliphatic heterocycles. The molecule has 0 fully saturated rings. The molecule has 0 bridgehead atoms. The van der Waals surface area contributed by atoms with Crippen LogP contribution >= 0.6 is 0 Å². The number of amides is 1. The lowest BCUT2D eigenvalue weighted by atomic mass is 10.1. The second kappa shape index (κ2) is 7.99. The van der Waals surface area contributed by atoms with Crippen molar-refractivity contribution in [3.05, 3.63) is 35.4 Å². The van der Waals surface area contributed by atoms with Crippen LogP contribution < -0.4 is 5.32 Å². The van der Waals surface area contributed by atoms with Gasteiger partial charge in [0.25, 0.3) is 5.91 Å². The molecule has 0 atom stereocenters. The molecule has 19 heavy (non-hydrogen) atoms. The van der Waals surface area contributed by atoms with Gasteiger partial charge in [-0.3, -0.25) is 14.4 Å². The van der Waals surface area contributed by atoms with Crippen molar-refractivity contribution in [2.45, 2.75) is 6.42 Å². The number of ether oxygens (including phenoxy) is 1. The topological polar surface area (TPSA) is 92.7 Å². The van der Waals surface area contributed by atoms with Crippen LogP contribution in [0.1, 0.15) is 27.1 Å². The first kappa shape index (κ1) is 14.8. The summed E-state index contributed by atoms with van der Waals surface area (Å²) in [6, 6.07) is 6.14. The highest BCUT2D eigenvalue weighted by Crippen LogP contribution is 2.02. The fourth-order valence-electron chi connectivity index (χ4n) is 1.32. The number of rotatable bonds is 7. The molecule has 6 heteroatoms. The van der Waals surface area contributed by atoms with E-state index in [-0.39, 0.29) is 32.1 Å². The highest BCUT2D eigenvalue weighted by molar-refractivity contribution is 5.95. The zero-order chi connectivity index (χ0) is 14.1. The standard InChI is InChI=1S/C13H15NO5/c15-7-8-19-12(17)5-6-14-13(18)11-3-1-10(9-16)2-4-11/h1-4,9,15H,5-8H2,(H,14,18). The van der Waals surface area contributed by atoms with Crippen LogP contribution in [0.15, 0.2) is 24.3 Å². The zero-order valence-corrected chi connectivity index (χ0v) is 10.3. The largest absolute Gasteiger partial charge is 0.463 e. The van der Waals surface area contributed by atoms with Crippen LogP contribution in [0.5, 0.6) is 0 Å². The van der Waals surface area contributed by atoms with E-state index in [2.05, 4.69) is 10.1 Å². The van der Waals surface area contributed by atoms with Gasteiger partial charge in [-0.1, -0.05) is 12.1 Å². The Hall–Kier alpha value is -2.21. The molecule has 0 saturated heterocycles. The Bertz CT molecular complexity index is 441. The Balaban J connectivity index is 2.34. The Labute approximate surface area is 110 Å². The molecular formula is C13H15NO5. The Morgan fingerprint density at radius 1 is 1.26 bits per heavy atom. The molecule has 6 nitrogen and oxygen atoms in total. The van der Waals surface area contributed by atoms with Crippen molar-refractivity contribution in [1.29, 1.82) is 0 Å². The zero-order valence-electron chi connectivity index (χ0n) is 10.3. The molecule has 1 aromatic rings. The van der Waals surface area contributed by atoms with E-state index < -0.39 is 5.97 Å². The summed E-state index contributed by atoms with van der Waals surface area (Å²) in [5.74, 6) is -0.807. The van der Waals surface area contributed by atoms with Gasteiger partial charge in [-0.05, 0) is 12.1 Å². The summed E-state index contributed by atoms with van der Waals surface area (Å²) in [7, 11) is 0. The van der Waals surface area contributed by atoms with Crippen LogP contribution in [0.3, 0.4) is 0 Å². The van der Waals surface area contributed by atoms with Gasteiger partial charge < -0.3 is 15.2 Å². The van der Waals surface area contributed by atoms with E-state index in [1.807, 2.05) is 0 Å². The molecule has 2 N–H and O–H groups in total. The molecule has 0 aliphatic rings. The minimum absolute atomic E-state index is 0.0398. The molecule has 102 valence electrons. The van der Waals surface area contributed by atoms with Gasteiger partial charge in [0.2, 0.25) is 0 Å². The average molecular weight is 265 g/mol. The lowest BCUT2D eigenvalue weighted by Crippen LogP contribution is -2.26. The SMILES string of the molecule is O=Cc1ccc(C(=O)NCCC(=O)OCCO)cc1. The van der Waals surface area contributed by atoms with Crippen LogP contribution in [0.4, 0.5) is 0 Å². The highest BCUT2D eigenvalue weighted by Gasteiger charge is 2.07. The van der Waals surface area contributed by atoms with Crippen LogP contribution in [0.25, 0.3) is 0 Å². The van der Waals surface area contributed by atoms with Crippen LogP contribution in [0.2, 0.25) is 0 Å². The fourth-order valence-corrected chi connectivity index (χ4v) is 1.32. The fraction of sp³-hybridized carbons (Fsp3) is 0.308. The van der Waals surface area contributed by atoms with E-state index >= 15 is 0 Å². The van der Waals surface area contributed by atoms with Crippen molar-refractivity contribution >= 4 is 18.2 Å². The van der Waals surface area contributed by atoms with Crippen molar-refractivity contribution in [2.75, 3.05) is 19.8 Å². The summed E-state index contributed by atoms with van der Waals surface area (Å²) in [6.45, 7) is -0.111. The molecule has 1 aromatic carbocycles. The third-order valence-electron chi connectivity index (χ3n) is 2.28. The minimum Gasteiger partial charge on any atom is -0.463 e. The van der Waals surface area contributed by atoms with Crippen LogP contribution in [-0.2, 0) is 9.53 Å². The Morgan fingerprint density at radius 2 is 1.95 bits per heavy atom. The molecule has 0 aromatic heterocycles. The second-order valence-corrected chi connectivity index (χ2v) is 3.69. The van der Waals surface area contributed by atoms with Crippen molar-refractivity contribution in [2.24, 2.45) is 0 Å². The number of benzene rings is 1. The summed E-state index contributed by atoms with van der Waals surface area (Å²) in [4.78, 5) is 33.2. The second-order valence-electron chi connectivity index (χ2n) is 3.69. The number of hydrogen-bond donors (Lipinski definition) is 2. The van der Waals surface area contributed by atoms with Crippen molar-refractivity contribution < 1.29 is 24.2 Å². The first-order chi connectivity index (χ1) is 9.17. The van der Waals surface area contributed by atoms with E-state index in [1.165, 1.54) is 24.3 Å². The number of esters is 1. The quantitative estimate of drug-likeness (QED) is 0.541. The van der Waals surface area contributed by atoms with E-state index in [0.29, 0.717) is 17.4 Å². The average Bonchev–Trinajstić information content (AvgIpc) is 2.45.